The summed E-state index contributed by atoms with van der Waals surface area (Å²) in [5, 5.41) is 0. The maximum absolute atomic E-state index is 2.65. The lowest BCUT2D eigenvalue weighted by atomic mass is 9.86. The Morgan fingerprint density at radius 2 is 1.69 bits per heavy atom. The first-order valence-corrected chi connectivity index (χ1v) is 7.12. The van der Waals surface area contributed by atoms with Crippen molar-refractivity contribution in [1.29, 1.82) is 0 Å². The quantitative estimate of drug-likeness (QED) is 0.714. The van der Waals surface area contributed by atoms with Crippen LogP contribution in [0.15, 0.2) is 0 Å². The average Bonchev–Trinajstić information content (AvgIpc) is 2.90. The van der Waals surface area contributed by atoms with E-state index in [1.807, 2.05) is 13.8 Å². The van der Waals surface area contributed by atoms with Crippen LogP contribution < -0.4 is 0 Å². The second kappa shape index (κ2) is 6.02. The fourth-order valence-electron chi connectivity index (χ4n) is 3.04. The van der Waals surface area contributed by atoms with Gasteiger partial charge in [-0.3, -0.25) is 0 Å². The van der Waals surface area contributed by atoms with Crippen molar-refractivity contribution >= 4 is 0 Å². The van der Waals surface area contributed by atoms with E-state index in [4.69, 9.17) is 0 Å². The van der Waals surface area contributed by atoms with Crippen molar-refractivity contribution in [3.63, 3.8) is 0 Å². The van der Waals surface area contributed by atoms with Gasteiger partial charge in [-0.1, -0.05) is 20.8 Å². The van der Waals surface area contributed by atoms with E-state index in [0.717, 1.165) is 6.04 Å². The second-order valence-electron chi connectivity index (χ2n) is 5.43. The van der Waals surface area contributed by atoms with Gasteiger partial charge in [0.15, 0.2) is 0 Å². The Labute approximate surface area is 102 Å². The fraction of sp³-hybridized carbons (Fsp3) is 1.00. The molecule has 1 spiro atoms. The van der Waals surface area contributed by atoms with Gasteiger partial charge in [0.2, 0.25) is 0 Å². The van der Waals surface area contributed by atoms with Crippen LogP contribution in [0.1, 0.15) is 47.5 Å². The largest absolute Gasteiger partial charge is 0.303 e. The third kappa shape index (κ3) is 2.98. The van der Waals surface area contributed by atoms with Crippen LogP contribution in [-0.2, 0) is 0 Å². The van der Waals surface area contributed by atoms with Crippen LogP contribution in [0.5, 0.6) is 0 Å². The predicted molar refractivity (Wildman–Crippen MR) is 71.8 cm³/mol. The fourth-order valence-corrected chi connectivity index (χ4v) is 3.04. The molecule has 0 aliphatic carbocycles. The Morgan fingerprint density at radius 3 is 2.12 bits per heavy atom. The summed E-state index contributed by atoms with van der Waals surface area (Å²) in [4.78, 5) is 5.27. The molecule has 2 heteroatoms. The molecule has 96 valence electrons. The molecule has 1 atom stereocenters. The van der Waals surface area contributed by atoms with E-state index < -0.39 is 0 Å². The third-order valence-corrected chi connectivity index (χ3v) is 4.16. The van der Waals surface area contributed by atoms with E-state index >= 15 is 0 Å². The Bertz CT molecular complexity index is 203. The van der Waals surface area contributed by atoms with E-state index in [1.54, 1.807) is 0 Å². The van der Waals surface area contributed by atoms with Gasteiger partial charge in [0.25, 0.3) is 0 Å². The lowest BCUT2D eigenvalue weighted by molar-refractivity contribution is 0.218. The van der Waals surface area contributed by atoms with Crippen molar-refractivity contribution in [2.24, 2.45) is 5.41 Å². The summed E-state index contributed by atoms with van der Waals surface area (Å²) in [6.07, 6.45) is 2.87. The van der Waals surface area contributed by atoms with Gasteiger partial charge >= 0.3 is 0 Å². The molecule has 2 fully saturated rings. The van der Waals surface area contributed by atoms with Gasteiger partial charge in [0, 0.05) is 19.1 Å². The third-order valence-electron chi connectivity index (χ3n) is 4.16. The first kappa shape index (κ1) is 14.0. The molecule has 0 aromatic carbocycles. The minimum absolute atomic E-state index is 0.667. The van der Waals surface area contributed by atoms with Gasteiger partial charge in [-0.15, -0.1) is 0 Å². The van der Waals surface area contributed by atoms with Crippen LogP contribution in [0.3, 0.4) is 0 Å². The summed E-state index contributed by atoms with van der Waals surface area (Å²) in [6, 6.07) is 0.741. The molecule has 2 nitrogen and oxygen atoms in total. The van der Waals surface area contributed by atoms with Crippen molar-refractivity contribution in [3.8, 4) is 0 Å². The molecule has 2 aliphatic heterocycles. The molecule has 2 aliphatic rings. The molecule has 0 N–H and O–H groups in total. The number of hydrogen-bond donors (Lipinski definition) is 0. The van der Waals surface area contributed by atoms with Crippen LogP contribution >= 0.6 is 0 Å². The zero-order chi connectivity index (χ0) is 12.2. The molecule has 0 saturated carbocycles. The Balaban J connectivity index is 0.000000606. The number of rotatable bonds is 2. The lowest BCUT2D eigenvalue weighted by Gasteiger charge is -2.26. The maximum atomic E-state index is 2.65. The lowest BCUT2D eigenvalue weighted by Crippen LogP contribution is -2.33. The summed E-state index contributed by atoms with van der Waals surface area (Å²) in [5.41, 5.74) is 0.667. The molecule has 2 saturated heterocycles. The highest BCUT2D eigenvalue weighted by Crippen LogP contribution is 2.39. The van der Waals surface area contributed by atoms with Crippen LogP contribution in [0.2, 0.25) is 0 Å². The van der Waals surface area contributed by atoms with E-state index in [0.29, 0.717) is 5.41 Å². The summed E-state index contributed by atoms with van der Waals surface area (Å²) >= 11 is 0. The van der Waals surface area contributed by atoms with E-state index in [9.17, 15) is 0 Å². The Kier molecular flexibility index (Phi) is 5.26. The molecule has 0 aromatic heterocycles. The highest BCUT2D eigenvalue weighted by atomic mass is 15.2. The monoisotopic (exact) mass is 226 g/mol. The molecular weight excluding hydrogens is 196 g/mol. The average molecular weight is 226 g/mol. The first-order valence-electron chi connectivity index (χ1n) is 7.12. The van der Waals surface area contributed by atoms with Gasteiger partial charge < -0.3 is 9.80 Å². The highest BCUT2D eigenvalue weighted by Gasteiger charge is 2.43. The van der Waals surface area contributed by atoms with Gasteiger partial charge in [0.05, 0.1) is 0 Å². The Hall–Kier alpha value is -0.0800. The SMILES string of the molecule is CC.CCN1CCC2(CCN(C(C)C)C2)C1. The van der Waals surface area contributed by atoms with Crippen LogP contribution in [-0.4, -0.2) is 48.6 Å². The summed E-state index contributed by atoms with van der Waals surface area (Å²) in [7, 11) is 0. The van der Waals surface area contributed by atoms with Crippen molar-refractivity contribution in [3.05, 3.63) is 0 Å². The molecule has 0 radical (unpaired) electrons. The standard InChI is InChI=1S/C12H24N2.C2H6/c1-4-13-7-5-12(9-13)6-8-14(10-12)11(2)3;1-2/h11H,4-10H2,1-3H3;1-2H3. The molecule has 0 amide bonds. The van der Waals surface area contributed by atoms with Gasteiger partial charge in [-0.25, -0.2) is 0 Å². The molecule has 0 bridgehead atoms. The zero-order valence-corrected chi connectivity index (χ0v) is 11.9. The Morgan fingerprint density at radius 1 is 1.06 bits per heavy atom. The van der Waals surface area contributed by atoms with Crippen molar-refractivity contribution in [2.45, 2.75) is 53.5 Å². The van der Waals surface area contributed by atoms with Crippen molar-refractivity contribution in [2.75, 3.05) is 32.7 Å². The van der Waals surface area contributed by atoms with E-state index in [2.05, 4.69) is 30.6 Å². The topological polar surface area (TPSA) is 6.48 Å². The van der Waals surface area contributed by atoms with Crippen molar-refractivity contribution < 1.29 is 0 Å². The summed E-state index contributed by atoms with van der Waals surface area (Å²) < 4.78 is 0. The maximum Gasteiger partial charge on any atom is 0.00539 e. The van der Waals surface area contributed by atoms with Crippen molar-refractivity contribution in [1.82, 2.24) is 9.80 Å². The first-order chi connectivity index (χ1) is 7.65. The number of hydrogen-bond acceptors (Lipinski definition) is 2. The molecular formula is C14H30N2. The van der Waals surface area contributed by atoms with Gasteiger partial charge in [0.1, 0.15) is 0 Å². The van der Waals surface area contributed by atoms with Crippen LogP contribution in [0, 0.1) is 5.41 Å². The molecule has 1 unspecified atom stereocenters. The molecule has 2 rings (SSSR count). The zero-order valence-electron chi connectivity index (χ0n) is 11.9. The summed E-state index contributed by atoms with van der Waals surface area (Å²) in [6.45, 7) is 17.5. The number of nitrogens with zero attached hydrogens (tertiary/aromatic N) is 2. The molecule has 16 heavy (non-hydrogen) atoms. The van der Waals surface area contributed by atoms with E-state index in [1.165, 1.54) is 45.6 Å². The number of likely N-dealkylation sites (tertiary alicyclic amines) is 2. The van der Waals surface area contributed by atoms with Crippen LogP contribution in [0.25, 0.3) is 0 Å². The highest BCUT2D eigenvalue weighted by molar-refractivity contribution is 4.97. The minimum atomic E-state index is 0.667. The second-order valence-corrected chi connectivity index (χ2v) is 5.43. The van der Waals surface area contributed by atoms with Gasteiger partial charge in [-0.05, 0) is 51.7 Å². The molecule has 0 aromatic rings. The van der Waals surface area contributed by atoms with E-state index in [-0.39, 0.29) is 0 Å². The predicted octanol–water partition coefficient (Wildman–Crippen LogP) is 2.84. The van der Waals surface area contributed by atoms with Crippen LogP contribution in [0.4, 0.5) is 0 Å². The minimum Gasteiger partial charge on any atom is -0.303 e. The molecule has 2 heterocycles. The normalized spacial score (nSPS) is 31.1. The summed E-state index contributed by atoms with van der Waals surface area (Å²) in [5.74, 6) is 0. The smallest absolute Gasteiger partial charge is 0.00539 e. The van der Waals surface area contributed by atoms with Gasteiger partial charge in [-0.2, -0.15) is 0 Å².